The van der Waals surface area contributed by atoms with Gasteiger partial charge in [-0.15, -0.1) is 6.58 Å². The highest BCUT2D eigenvalue weighted by Gasteiger charge is 2.39. The molecule has 1 heterocycles. The van der Waals surface area contributed by atoms with Crippen molar-refractivity contribution in [1.82, 2.24) is 10.2 Å². The molecule has 1 saturated heterocycles. The van der Waals surface area contributed by atoms with Gasteiger partial charge in [0.25, 0.3) is 0 Å². The van der Waals surface area contributed by atoms with E-state index in [1.165, 1.54) is 12.0 Å². The van der Waals surface area contributed by atoms with Crippen LogP contribution >= 0.6 is 0 Å². The van der Waals surface area contributed by atoms with Crippen LogP contribution in [0, 0.1) is 11.3 Å². The van der Waals surface area contributed by atoms with E-state index < -0.39 is 24.1 Å². The first-order chi connectivity index (χ1) is 12.1. The number of nitrogens with zero attached hydrogens (tertiary/aromatic N) is 1. The lowest BCUT2D eigenvalue weighted by Gasteiger charge is -2.30. The van der Waals surface area contributed by atoms with Gasteiger partial charge in [-0.2, -0.15) is 0 Å². The lowest BCUT2D eigenvalue weighted by molar-refractivity contribution is -0.152. The zero-order valence-electron chi connectivity index (χ0n) is 16.5. The lowest BCUT2D eigenvalue weighted by Crippen LogP contribution is -2.54. The average Bonchev–Trinajstić information content (AvgIpc) is 3.06. The largest absolute Gasteiger partial charge is 0.467 e. The van der Waals surface area contributed by atoms with E-state index in [9.17, 15) is 14.4 Å². The number of alkyl carbamates (subject to hydrolysis) is 1. The van der Waals surface area contributed by atoms with E-state index in [1.54, 1.807) is 6.08 Å². The predicted molar refractivity (Wildman–Crippen MR) is 98.5 cm³/mol. The molecule has 1 fully saturated rings. The van der Waals surface area contributed by atoms with Gasteiger partial charge in [0.05, 0.1) is 13.7 Å². The Morgan fingerprint density at radius 3 is 2.54 bits per heavy atom. The maximum absolute atomic E-state index is 12.9. The highest BCUT2D eigenvalue weighted by molar-refractivity contribution is 5.90. The highest BCUT2D eigenvalue weighted by atomic mass is 16.5. The number of ether oxygens (including phenoxy) is 2. The molecule has 0 spiro atoms. The first-order valence-electron chi connectivity index (χ1n) is 9.05. The second-order valence-electron chi connectivity index (χ2n) is 7.81. The Balaban J connectivity index is 2.73. The number of nitrogens with one attached hydrogen (secondary N) is 1. The van der Waals surface area contributed by atoms with Gasteiger partial charge < -0.3 is 19.7 Å². The van der Waals surface area contributed by atoms with Crippen molar-refractivity contribution in [3.63, 3.8) is 0 Å². The molecule has 0 aromatic heterocycles. The molecular weight excluding hydrogens is 336 g/mol. The molecule has 1 rings (SSSR count). The summed E-state index contributed by atoms with van der Waals surface area (Å²) in [6, 6.07) is -1.34. The third-order valence-corrected chi connectivity index (χ3v) is 4.51. The van der Waals surface area contributed by atoms with Crippen LogP contribution in [0.15, 0.2) is 12.7 Å². The molecule has 0 bridgehead atoms. The smallest absolute Gasteiger partial charge is 0.407 e. The minimum atomic E-state index is -0.754. The number of allylic oxidation sites excluding steroid dienone is 1. The van der Waals surface area contributed by atoms with Gasteiger partial charge >= 0.3 is 12.1 Å². The molecule has 1 aliphatic rings. The van der Waals surface area contributed by atoms with Crippen molar-refractivity contribution < 1.29 is 23.9 Å². The van der Waals surface area contributed by atoms with Crippen LogP contribution in [0.1, 0.15) is 47.0 Å². The van der Waals surface area contributed by atoms with E-state index in [1.807, 2.05) is 27.7 Å². The van der Waals surface area contributed by atoms with Crippen LogP contribution in [0.25, 0.3) is 0 Å². The number of esters is 1. The quantitative estimate of drug-likeness (QED) is 0.526. The van der Waals surface area contributed by atoms with E-state index >= 15 is 0 Å². The van der Waals surface area contributed by atoms with Crippen LogP contribution in [-0.2, 0) is 19.1 Å². The predicted octanol–water partition coefficient (Wildman–Crippen LogP) is 2.50. The van der Waals surface area contributed by atoms with Crippen molar-refractivity contribution in [1.29, 1.82) is 0 Å². The SMILES string of the molecule is C=CCC(C)(C)COC(=O)N[C@H](C(=O)N1CCC[C@H]1C(=O)OC)C(C)C. The van der Waals surface area contributed by atoms with E-state index in [2.05, 4.69) is 11.9 Å². The number of carbonyl (C=O) groups excluding carboxylic acids is 3. The number of rotatable bonds is 8. The van der Waals surface area contributed by atoms with Gasteiger partial charge in [0, 0.05) is 12.0 Å². The summed E-state index contributed by atoms with van der Waals surface area (Å²) in [5, 5.41) is 2.65. The first-order valence-corrected chi connectivity index (χ1v) is 9.05. The minimum Gasteiger partial charge on any atom is -0.467 e. The van der Waals surface area contributed by atoms with Gasteiger partial charge in [-0.3, -0.25) is 4.79 Å². The standard InChI is InChI=1S/C19H32N2O5/c1-7-10-19(4,5)12-26-18(24)20-15(13(2)3)16(22)21-11-8-9-14(21)17(23)25-6/h7,13-15H,1,8-12H2,2-6H3,(H,20,24)/t14-,15-/m0/s1. The van der Waals surface area contributed by atoms with E-state index in [0.717, 1.165) is 6.42 Å². The fourth-order valence-corrected chi connectivity index (χ4v) is 2.98. The third kappa shape index (κ3) is 6.04. The summed E-state index contributed by atoms with van der Waals surface area (Å²) in [5.74, 6) is -0.850. The van der Waals surface area contributed by atoms with Gasteiger partial charge in [-0.25, -0.2) is 9.59 Å². The van der Waals surface area contributed by atoms with Crippen LogP contribution in [0.4, 0.5) is 4.79 Å². The molecule has 2 atom stereocenters. The van der Waals surface area contributed by atoms with Crippen LogP contribution in [0.2, 0.25) is 0 Å². The minimum absolute atomic E-state index is 0.143. The summed E-state index contributed by atoms with van der Waals surface area (Å²) in [6.07, 6.45) is 3.16. The molecular formula is C19H32N2O5. The molecule has 0 aliphatic carbocycles. The third-order valence-electron chi connectivity index (χ3n) is 4.51. The van der Waals surface area contributed by atoms with Gasteiger partial charge in [0.2, 0.25) is 5.91 Å². The molecule has 7 nitrogen and oxygen atoms in total. The Kier molecular flexibility index (Phi) is 8.11. The maximum Gasteiger partial charge on any atom is 0.407 e. The summed E-state index contributed by atoms with van der Waals surface area (Å²) in [6.45, 7) is 12.0. The number of methoxy groups -OCH3 is 1. The van der Waals surface area contributed by atoms with Crippen molar-refractivity contribution in [3.8, 4) is 0 Å². The Bertz CT molecular complexity index is 530. The van der Waals surface area contributed by atoms with Crippen LogP contribution in [0.5, 0.6) is 0 Å². The Hall–Kier alpha value is -2.05. The fraction of sp³-hybridized carbons (Fsp3) is 0.737. The van der Waals surface area contributed by atoms with Crippen molar-refractivity contribution >= 4 is 18.0 Å². The summed E-state index contributed by atoms with van der Waals surface area (Å²) in [7, 11) is 1.31. The molecule has 0 aromatic rings. The maximum atomic E-state index is 12.9. The zero-order valence-corrected chi connectivity index (χ0v) is 16.5. The topological polar surface area (TPSA) is 84.9 Å². The molecule has 1 N–H and O–H groups in total. The summed E-state index contributed by atoms with van der Waals surface area (Å²) in [4.78, 5) is 38.4. The van der Waals surface area contributed by atoms with Gasteiger partial charge in [0.1, 0.15) is 12.1 Å². The van der Waals surface area contributed by atoms with Gasteiger partial charge in [-0.1, -0.05) is 33.8 Å². The first kappa shape index (κ1) is 22.0. The van der Waals surface area contributed by atoms with Crippen molar-refractivity contribution in [2.45, 2.75) is 59.0 Å². The number of amides is 2. The number of likely N-dealkylation sites (tertiary alicyclic amines) is 1. The fourth-order valence-electron chi connectivity index (χ4n) is 2.98. The van der Waals surface area contributed by atoms with Crippen LogP contribution in [-0.4, -0.2) is 55.2 Å². The monoisotopic (exact) mass is 368 g/mol. The molecule has 2 amide bonds. The van der Waals surface area contributed by atoms with Crippen molar-refractivity contribution in [2.24, 2.45) is 11.3 Å². The number of hydrogen-bond acceptors (Lipinski definition) is 5. The summed E-state index contributed by atoms with van der Waals surface area (Å²) >= 11 is 0. The zero-order chi connectivity index (χ0) is 19.9. The number of hydrogen-bond donors (Lipinski definition) is 1. The van der Waals surface area contributed by atoms with E-state index in [4.69, 9.17) is 9.47 Å². The highest BCUT2D eigenvalue weighted by Crippen LogP contribution is 2.22. The normalized spacial score (nSPS) is 18.4. The molecule has 0 unspecified atom stereocenters. The molecule has 7 heteroatoms. The molecule has 26 heavy (non-hydrogen) atoms. The van der Waals surface area contributed by atoms with Gasteiger partial charge in [-0.05, 0) is 25.2 Å². The second kappa shape index (κ2) is 9.59. The molecule has 0 radical (unpaired) electrons. The molecule has 148 valence electrons. The Labute approximate surface area is 156 Å². The number of carbonyl (C=O) groups is 3. The summed E-state index contributed by atoms with van der Waals surface area (Å²) in [5.41, 5.74) is -0.221. The van der Waals surface area contributed by atoms with E-state index in [0.29, 0.717) is 19.4 Å². The van der Waals surface area contributed by atoms with Gasteiger partial charge in [0.15, 0.2) is 0 Å². The second-order valence-corrected chi connectivity index (χ2v) is 7.81. The average molecular weight is 368 g/mol. The van der Waals surface area contributed by atoms with Crippen LogP contribution in [0.3, 0.4) is 0 Å². The Morgan fingerprint density at radius 1 is 1.35 bits per heavy atom. The van der Waals surface area contributed by atoms with Crippen LogP contribution < -0.4 is 5.32 Å². The van der Waals surface area contributed by atoms with Crippen molar-refractivity contribution in [2.75, 3.05) is 20.3 Å². The Morgan fingerprint density at radius 2 is 2.00 bits per heavy atom. The van der Waals surface area contributed by atoms with E-state index in [-0.39, 0.29) is 23.8 Å². The van der Waals surface area contributed by atoms with Crippen molar-refractivity contribution in [3.05, 3.63) is 12.7 Å². The molecule has 0 saturated carbocycles. The summed E-state index contributed by atoms with van der Waals surface area (Å²) < 4.78 is 10.1. The molecule has 0 aromatic carbocycles. The molecule has 1 aliphatic heterocycles. The lowest BCUT2D eigenvalue weighted by atomic mass is 9.91.